The summed E-state index contributed by atoms with van der Waals surface area (Å²) in [4.78, 5) is 12.0. The fourth-order valence-electron chi connectivity index (χ4n) is 2.97. The minimum atomic E-state index is -0.0711. The number of amides is 1. The van der Waals surface area contributed by atoms with Crippen molar-refractivity contribution in [3.8, 4) is 5.75 Å². The fourth-order valence-corrected chi connectivity index (χ4v) is 2.97. The van der Waals surface area contributed by atoms with Crippen LogP contribution in [0, 0.1) is 0 Å². The van der Waals surface area contributed by atoms with Gasteiger partial charge in [0.2, 0.25) is 0 Å². The average molecular weight is 324 g/mol. The number of carbonyl (C=O) groups is 1. The molecule has 2 aromatic carbocycles. The van der Waals surface area contributed by atoms with Gasteiger partial charge in [-0.2, -0.15) is 0 Å². The van der Waals surface area contributed by atoms with E-state index in [1.54, 1.807) is 0 Å². The number of nitrogens with one attached hydrogen (secondary N) is 2. The van der Waals surface area contributed by atoms with E-state index in [-0.39, 0.29) is 12.5 Å². The second kappa shape index (κ2) is 8.50. The summed E-state index contributed by atoms with van der Waals surface area (Å²) in [6.45, 7) is 1.77. The van der Waals surface area contributed by atoms with Gasteiger partial charge in [0.1, 0.15) is 5.75 Å². The molecule has 126 valence electrons. The number of hydrogen-bond donors (Lipinski definition) is 2. The Labute approximate surface area is 143 Å². The van der Waals surface area contributed by atoms with Crippen LogP contribution in [0.2, 0.25) is 0 Å². The Balaban J connectivity index is 1.52. The van der Waals surface area contributed by atoms with Crippen molar-refractivity contribution in [1.82, 2.24) is 10.6 Å². The Kier molecular flexibility index (Phi) is 5.85. The van der Waals surface area contributed by atoms with Crippen LogP contribution >= 0.6 is 0 Å². The Bertz CT molecular complexity index is 652. The third-order valence-electron chi connectivity index (χ3n) is 4.28. The lowest BCUT2D eigenvalue weighted by molar-refractivity contribution is -0.123. The first kappa shape index (κ1) is 16.5. The molecule has 1 unspecified atom stereocenters. The van der Waals surface area contributed by atoms with E-state index in [4.69, 9.17) is 4.74 Å². The predicted octanol–water partition coefficient (Wildman–Crippen LogP) is 2.52. The molecule has 4 nitrogen and oxygen atoms in total. The summed E-state index contributed by atoms with van der Waals surface area (Å²) in [6, 6.07) is 18.6. The molecule has 1 fully saturated rings. The highest BCUT2D eigenvalue weighted by Crippen LogP contribution is 2.21. The molecular weight excluding hydrogens is 300 g/mol. The van der Waals surface area contributed by atoms with Gasteiger partial charge in [-0.1, -0.05) is 48.5 Å². The van der Waals surface area contributed by atoms with E-state index in [1.807, 2.05) is 42.5 Å². The summed E-state index contributed by atoms with van der Waals surface area (Å²) in [5, 5.41) is 6.30. The number of ether oxygens (including phenoxy) is 1. The first-order chi connectivity index (χ1) is 11.8. The Morgan fingerprint density at radius 3 is 2.71 bits per heavy atom. The monoisotopic (exact) mass is 324 g/mol. The zero-order chi connectivity index (χ0) is 16.6. The van der Waals surface area contributed by atoms with E-state index < -0.39 is 0 Å². The molecule has 2 aromatic rings. The van der Waals surface area contributed by atoms with Gasteiger partial charge in [-0.3, -0.25) is 4.79 Å². The number of carbonyl (C=O) groups excluding carboxylic acids is 1. The van der Waals surface area contributed by atoms with Crippen LogP contribution in [0.3, 0.4) is 0 Å². The summed E-state index contributed by atoms with van der Waals surface area (Å²) in [7, 11) is 0. The molecule has 24 heavy (non-hydrogen) atoms. The van der Waals surface area contributed by atoms with Crippen molar-refractivity contribution in [2.24, 2.45) is 0 Å². The van der Waals surface area contributed by atoms with Crippen LogP contribution in [0.5, 0.6) is 5.75 Å². The van der Waals surface area contributed by atoms with E-state index in [0.717, 1.165) is 30.7 Å². The van der Waals surface area contributed by atoms with Gasteiger partial charge in [0, 0.05) is 19.0 Å². The van der Waals surface area contributed by atoms with Crippen LogP contribution in [0.25, 0.3) is 0 Å². The molecule has 2 N–H and O–H groups in total. The summed E-state index contributed by atoms with van der Waals surface area (Å²) in [6.07, 6.45) is 3.11. The first-order valence-electron chi connectivity index (χ1n) is 8.56. The van der Waals surface area contributed by atoms with Crippen molar-refractivity contribution in [1.29, 1.82) is 0 Å². The second-order valence-corrected chi connectivity index (χ2v) is 6.16. The standard InChI is InChI=1S/C20H24N2O2/c23-20(22-14-18-10-6-12-21-18)15-24-19-11-5-4-9-17(19)13-16-7-2-1-3-8-16/h1-5,7-9,11,18,21H,6,10,12-15H2,(H,22,23). The zero-order valence-corrected chi connectivity index (χ0v) is 13.8. The lowest BCUT2D eigenvalue weighted by atomic mass is 10.0. The molecule has 0 saturated carbocycles. The van der Waals surface area contributed by atoms with E-state index in [9.17, 15) is 4.79 Å². The minimum Gasteiger partial charge on any atom is -0.483 e. The maximum atomic E-state index is 12.0. The third kappa shape index (κ3) is 4.83. The van der Waals surface area contributed by atoms with Gasteiger partial charge in [-0.25, -0.2) is 0 Å². The lowest BCUT2D eigenvalue weighted by Crippen LogP contribution is -2.39. The maximum absolute atomic E-state index is 12.0. The SMILES string of the molecule is O=C(COc1ccccc1Cc1ccccc1)NCC1CCCN1. The van der Waals surface area contributed by atoms with Crippen molar-refractivity contribution in [3.63, 3.8) is 0 Å². The van der Waals surface area contributed by atoms with Crippen LogP contribution in [-0.2, 0) is 11.2 Å². The molecule has 4 heteroatoms. The van der Waals surface area contributed by atoms with Crippen LogP contribution in [0.15, 0.2) is 54.6 Å². The molecule has 1 aliphatic rings. The maximum Gasteiger partial charge on any atom is 0.257 e. The normalized spacial score (nSPS) is 16.8. The summed E-state index contributed by atoms with van der Waals surface area (Å²) in [5.74, 6) is 0.703. The van der Waals surface area contributed by atoms with Crippen molar-refractivity contribution in [2.45, 2.75) is 25.3 Å². The summed E-state index contributed by atoms with van der Waals surface area (Å²) < 4.78 is 5.75. The van der Waals surface area contributed by atoms with Gasteiger partial charge < -0.3 is 15.4 Å². The zero-order valence-electron chi connectivity index (χ0n) is 13.8. The van der Waals surface area contributed by atoms with Gasteiger partial charge in [0.25, 0.3) is 5.91 Å². The largest absolute Gasteiger partial charge is 0.483 e. The number of benzene rings is 2. The lowest BCUT2D eigenvalue weighted by Gasteiger charge is -2.14. The molecule has 1 atom stereocenters. The van der Waals surface area contributed by atoms with Crippen LogP contribution in [0.1, 0.15) is 24.0 Å². The topological polar surface area (TPSA) is 50.4 Å². The van der Waals surface area contributed by atoms with Gasteiger partial charge in [-0.05, 0) is 36.6 Å². The Morgan fingerprint density at radius 2 is 1.92 bits per heavy atom. The van der Waals surface area contributed by atoms with E-state index in [0.29, 0.717) is 12.6 Å². The van der Waals surface area contributed by atoms with E-state index in [2.05, 4.69) is 22.8 Å². The summed E-state index contributed by atoms with van der Waals surface area (Å²) >= 11 is 0. The third-order valence-corrected chi connectivity index (χ3v) is 4.28. The first-order valence-corrected chi connectivity index (χ1v) is 8.56. The van der Waals surface area contributed by atoms with Crippen LogP contribution < -0.4 is 15.4 Å². The summed E-state index contributed by atoms with van der Waals surface area (Å²) in [5.41, 5.74) is 2.32. The van der Waals surface area contributed by atoms with Gasteiger partial charge in [0.05, 0.1) is 0 Å². The van der Waals surface area contributed by atoms with Gasteiger partial charge in [-0.15, -0.1) is 0 Å². The highest BCUT2D eigenvalue weighted by atomic mass is 16.5. The molecule has 1 amide bonds. The predicted molar refractivity (Wildman–Crippen MR) is 95.2 cm³/mol. The van der Waals surface area contributed by atoms with Crippen molar-refractivity contribution >= 4 is 5.91 Å². The molecule has 0 bridgehead atoms. The van der Waals surface area contributed by atoms with Gasteiger partial charge >= 0.3 is 0 Å². The smallest absolute Gasteiger partial charge is 0.257 e. The molecule has 1 aliphatic heterocycles. The molecule has 0 radical (unpaired) electrons. The average Bonchev–Trinajstić information content (AvgIpc) is 3.14. The minimum absolute atomic E-state index is 0.0541. The molecule has 1 heterocycles. The number of rotatable bonds is 7. The van der Waals surface area contributed by atoms with Crippen molar-refractivity contribution in [3.05, 3.63) is 65.7 Å². The molecule has 0 aromatic heterocycles. The van der Waals surface area contributed by atoms with Crippen molar-refractivity contribution < 1.29 is 9.53 Å². The Hall–Kier alpha value is -2.33. The van der Waals surface area contributed by atoms with E-state index in [1.165, 1.54) is 12.0 Å². The van der Waals surface area contributed by atoms with E-state index >= 15 is 0 Å². The highest BCUT2D eigenvalue weighted by molar-refractivity contribution is 5.77. The van der Waals surface area contributed by atoms with Crippen molar-refractivity contribution in [2.75, 3.05) is 19.7 Å². The number of para-hydroxylation sites is 1. The molecule has 0 aliphatic carbocycles. The highest BCUT2D eigenvalue weighted by Gasteiger charge is 2.15. The number of hydrogen-bond acceptors (Lipinski definition) is 3. The second-order valence-electron chi connectivity index (χ2n) is 6.16. The molecule has 0 spiro atoms. The molecule has 1 saturated heterocycles. The molecular formula is C20H24N2O2. The molecule has 3 rings (SSSR count). The van der Waals surface area contributed by atoms with Crippen LogP contribution in [-0.4, -0.2) is 31.6 Å². The Morgan fingerprint density at radius 1 is 1.12 bits per heavy atom. The quantitative estimate of drug-likeness (QED) is 0.823. The van der Waals surface area contributed by atoms with Crippen LogP contribution in [0.4, 0.5) is 0 Å². The van der Waals surface area contributed by atoms with Gasteiger partial charge in [0.15, 0.2) is 6.61 Å². The fraction of sp³-hybridized carbons (Fsp3) is 0.350.